The molecule has 0 unspecified atom stereocenters. The molecule has 1 aliphatic carbocycles. The Morgan fingerprint density at radius 2 is 1.04 bits per heavy atom. The standard InChI is InChI=1S/C20H14Cl4O/c21-16-6-2-7-17(22)14(16)10-12-4-1-5-13(20(12)25)11-15-18(23)8-3-9-19(15)24/h2-3,6-11H,1,4-5H2. The third kappa shape index (κ3) is 4.12. The first kappa shape index (κ1) is 18.5. The Labute approximate surface area is 166 Å². The zero-order chi connectivity index (χ0) is 18.0. The van der Waals surface area contributed by atoms with Crippen LogP contribution in [0.15, 0.2) is 47.5 Å². The van der Waals surface area contributed by atoms with Crippen LogP contribution in [-0.4, -0.2) is 5.78 Å². The van der Waals surface area contributed by atoms with Crippen molar-refractivity contribution in [1.29, 1.82) is 0 Å². The third-order valence-corrected chi connectivity index (χ3v) is 5.43. The maximum atomic E-state index is 12.9. The summed E-state index contributed by atoms with van der Waals surface area (Å²) in [5.74, 6) is -0.0155. The molecule has 2 aromatic carbocycles. The second-order valence-electron chi connectivity index (χ2n) is 5.79. The van der Waals surface area contributed by atoms with E-state index in [1.807, 2.05) is 0 Å². The number of rotatable bonds is 2. The van der Waals surface area contributed by atoms with Gasteiger partial charge in [0.05, 0.1) is 0 Å². The molecule has 1 fully saturated rings. The number of carbonyl (C=O) groups excluding carboxylic acids is 1. The van der Waals surface area contributed by atoms with E-state index in [9.17, 15) is 4.79 Å². The number of halogens is 4. The van der Waals surface area contributed by atoms with Gasteiger partial charge in [0, 0.05) is 42.4 Å². The van der Waals surface area contributed by atoms with E-state index in [2.05, 4.69) is 0 Å². The molecular formula is C20H14Cl4O. The van der Waals surface area contributed by atoms with Crippen LogP contribution in [0.2, 0.25) is 20.1 Å². The van der Waals surface area contributed by atoms with Crippen molar-refractivity contribution in [3.05, 3.63) is 78.8 Å². The molecule has 128 valence electrons. The number of hydrogen-bond acceptors (Lipinski definition) is 1. The molecule has 0 radical (unpaired) electrons. The van der Waals surface area contributed by atoms with Crippen LogP contribution in [0, 0.1) is 0 Å². The molecule has 25 heavy (non-hydrogen) atoms. The van der Waals surface area contributed by atoms with E-state index in [-0.39, 0.29) is 5.78 Å². The van der Waals surface area contributed by atoms with Gasteiger partial charge in [-0.15, -0.1) is 0 Å². The molecule has 0 bridgehead atoms. The fourth-order valence-corrected chi connectivity index (χ4v) is 3.84. The smallest absolute Gasteiger partial charge is 0.185 e. The predicted molar refractivity (Wildman–Crippen MR) is 108 cm³/mol. The quantitative estimate of drug-likeness (QED) is 0.467. The molecule has 0 spiro atoms. The maximum Gasteiger partial charge on any atom is 0.185 e. The summed E-state index contributed by atoms with van der Waals surface area (Å²) >= 11 is 24.9. The molecular weight excluding hydrogens is 398 g/mol. The highest BCUT2D eigenvalue weighted by molar-refractivity contribution is 6.38. The second kappa shape index (κ2) is 7.97. The SMILES string of the molecule is O=C1C(=Cc2c(Cl)cccc2Cl)CCCC1=Cc1c(Cl)cccc1Cl. The Bertz CT molecular complexity index is 785. The number of ketones is 1. The van der Waals surface area contributed by atoms with Gasteiger partial charge in [0.2, 0.25) is 0 Å². The van der Waals surface area contributed by atoms with Crippen LogP contribution in [0.5, 0.6) is 0 Å². The van der Waals surface area contributed by atoms with Crippen LogP contribution < -0.4 is 0 Å². The average molecular weight is 412 g/mol. The normalized spacial score (nSPS) is 18.2. The van der Waals surface area contributed by atoms with Gasteiger partial charge < -0.3 is 0 Å². The van der Waals surface area contributed by atoms with Crippen molar-refractivity contribution < 1.29 is 4.79 Å². The van der Waals surface area contributed by atoms with Gasteiger partial charge in [-0.3, -0.25) is 4.79 Å². The van der Waals surface area contributed by atoms with Gasteiger partial charge in [0.1, 0.15) is 0 Å². The Balaban J connectivity index is 1.99. The number of hydrogen-bond donors (Lipinski definition) is 0. The van der Waals surface area contributed by atoms with Crippen molar-refractivity contribution in [2.75, 3.05) is 0 Å². The summed E-state index contributed by atoms with van der Waals surface area (Å²) in [5, 5.41) is 2.10. The Hall–Kier alpha value is -1.25. The highest BCUT2D eigenvalue weighted by Crippen LogP contribution is 2.34. The summed E-state index contributed by atoms with van der Waals surface area (Å²) in [7, 11) is 0. The van der Waals surface area contributed by atoms with Crippen LogP contribution in [-0.2, 0) is 4.79 Å². The Morgan fingerprint density at radius 3 is 1.40 bits per heavy atom. The fraction of sp³-hybridized carbons (Fsp3) is 0.150. The molecule has 1 saturated carbocycles. The summed E-state index contributed by atoms with van der Waals surface area (Å²) in [6, 6.07) is 10.6. The summed E-state index contributed by atoms with van der Waals surface area (Å²) in [5.41, 5.74) is 2.73. The summed E-state index contributed by atoms with van der Waals surface area (Å²) in [4.78, 5) is 12.9. The number of Topliss-reactive ketones (excluding diaryl/α,β-unsaturated/α-hetero) is 1. The zero-order valence-electron chi connectivity index (χ0n) is 13.2. The van der Waals surface area contributed by atoms with Crippen LogP contribution in [0.4, 0.5) is 0 Å². The molecule has 0 saturated heterocycles. The predicted octanol–water partition coefficient (Wildman–Crippen LogP) is 7.52. The molecule has 0 amide bonds. The Morgan fingerprint density at radius 1 is 0.680 bits per heavy atom. The highest BCUT2D eigenvalue weighted by Gasteiger charge is 2.22. The van der Waals surface area contributed by atoms with E-state index in [1.54, 1.807) is 48.6 Å². The number of benzene rings is 2. The number of allylic oxidation sites excluding steroid dienone is 2. The van der Waals surface area contributed by atoms with Crippen LogP contribution in [0.3, 0.4) is 0 Å². The fourth-order valence-electron chi connectivity index (χ4n) is 2.82. The minimum absolute atomic E-state index is 0.0155. The molecule has 1 aliphatic rings. The summed E-state index contributed by atoms with van der Waals surface area (Å²) in [6.45, 7) is 0. The zero-order valence-corrected chi connectivity index (χ0v) is 16.2. The second-order valence-corrected chi connectivity index (χ2v) is 7.42. The van der Waals surface area contributed by atoms with E-state index >= 15 is 0 Å². The van der Waals surface area contributed by atoms with Gasteiger partial charge in [-0.05, 0) is 55.7 Å². The van der Waals surface area contributed by atoms with Crippen molar-refractivity contribution in [3.63, 3.8) is 0 Å². The van der Waals surface area contributed by atoms with Gasteiger partial charge in [0.25, 0.3) is 0 Å². The van der Waals surface area contributed by atoms with E-state index in [4.69, 9.17) is 46.4 Å². The monoisotopic (exact) mass is 410 g/mol. The minimum Gasteiger partial charge on any atom is -0.289 e. The highest BCUT2D eigenvalue weighted by atomic mass is 35.5. The van der Waals surface area contributed by atoms with E-state index in [1.165, 1.54) is 0 Å². The minimum atomic E-state index is -0.0155. The third-order valence-electron chi connectivity index (χ3n) is 4.11. The molecule has 0 atom stereocenters. The van der Waals surface area contributed by atoms with Gasteiger partial charge in [-0.25, -0.2) is 0 Å². The first-order valence-electron chi connectivity index (χ1n) is 7.81. The van der Waals surface area contributed by atoms with E-state index in [0.29, 0.717) is 55.2 Å². The molecule has 5 heteroatoms. The van der Waals surface area contributed by atoms with Gasteiger partial charge in [-0.2, -0.15) is 0 Å². The van der Waals surface area contributed by atoms with Crippen molar-refractivity contribution in [2.24, 2.45) is 0 Å². The van der Waals surface area contributed by atoms with Gasteiger partial charge in [0.15, 0.2) is 5.78 Å². The molecule has 3 rings (SSSR count). The van der Waals surface area contributed by atoms with Crippen molar-refractivity contribution in [1.82, 2.24) is 0 Å². The lowest BCUT2D eigenvalue weighted by molar-refractivity contribution is -0.112. The average Bonchev–Trinajstić information content (AvgIpc) is 2.57. The van der Waals surface area contributed by atoms with Gasteiger partial charge >= 0.3 is 0 Å². The lowest BCUT2D eigenvalue weighted by atomic mass is 9.87. The molecule has 0 aliphatic heterocycles. The summed E-state index contributed by atoms with van der Waals surface area (Å²) < 4.78 is 0. The largest absolute Gasteiger partial charge is 0.289 e. The van der Waals surface area contributed by atoms with Gasteiger partial charge in [-0.1, -0.05) is 58.5 Å². The summed E-state index contributed by atoms with van der Waals surface area (Å²) in [6.07, 6.45) is 5.82. The van der Waals surface area contributed by atoms with Crippen molar-refractivity contribution >= 4 is 64.3 Å². The lowest BCUT2D eigenvalue weighted by Gasteiger charge is -2.17. The first-order valence-corrected chi connectivity index (χ1v) is 9.32. The molecule has 2 aromatic rings. The maximum absolute atomic E-state index is 12.9. The van der Waals surface area contributed by atoms with Crippen LogP contribution in [0.1, 0.15) is 30.4 Å². The van der Waals surface area contributed by atoms with Crippen molar-refractivity contribution in [3.8, 4) is 0 Å². The molecule has 1 nitrogen and oxygen atoms in total. The van der Waals surface area contributed by atoms with Crippen LogP contribution in [0.25, 0.3) is 12.2 Å². The molecule has 0 heterocycles. The molecule has 0 N–H and O–H groups in total. The first-order chi connectivity index (χ1) is 12.0. The van der Waals surface area contributed by atoms with Crippen LogP contribution >= 0.6 is 46.4 Å². The Kier molecular flexibility index (Phi) is 5.91. The van der Waals surface area contributed by atoms with E-state index in [0.717, 1.165) is 6.42 Å². The van der Waals surface area contributed by atoms with E-state index < -0.39 is 0 Å². The van der Waals surface area contributed by atoms with Crippen molar-refractivity contribution in [2.45, 2.75) is 19.3 Å². The molecule has 0 aromatic heterocycles. The lowest BCUT2D eigenvalue weighted by Crippen LogP contribution is -2.12. The topological polar surface area (TPSA) is 17.1 Å². The number of carbonyl (C=O) groups is 1.